The van der Waals surface area contributed by atoms with Crippen LogP contribution in [0.15, 0.2) is 55.0 Å². The molecule has 1 unspecified atom stereocenters. The highest BCUT2D eigenvalue weighted by atomic mass is 19.4. The number of hydrogen-bond acceptors (Lipinski definition) is 4. The molecule has 0 radical (unpaired) electrons. The van der Waals surface area contributed by atoms with E-state index in [1.165, 1.54) is 12.4 Å². The lowest BCUT2D eigenvalue weighted by Crippen LogP contribution is -2.40. The molecule has 1 aliphatic rings. The SMILES string of the molecule is CN(C)C(=O)Cc1ccc(CN2CCCC(N(Cc3ccc(F)c(C(F)(F)F)c3)C(=O)c3cn(C)cn3)CC2)cc1. The third-order valence-electron chi connectivity index (χ3n) is 7.39. The lowest BCUT2D eigenvalue weighted by Gasteiger charge is -2.31. The van der Waals surface area contributed by atoms with Crippen LogP contribution in [0.1, 0.15) is 52.0 Å². The van der Waals surface area contributed by atoms with Gasteiger partial charge < -0.3 is 14.4 Å². The van der Waals surface area contributed by atoms with Gasteiger partial charge in [0.2, 0.25) is 5.91 Å². The molecular formula is C30H35F4N5O2. The largest absolute Gasteiger partial charge is 0.419 e. The van der Waals surface area contributed by atoms with Crippen molar-refractivity contribution in [3.05, 3.63) is 88.8 Å². The summed E-state index contributed by atoms with van der Waals surface area (Å²) in [6.45, 7) is 2.11. The van der Waals surface area contributed by atoms with Crippen molar-refractivity contribution in [3.63, 3.8) is 0 Å². The average molecular weight is 574 g/mol. The predicted molar refractivity (Wildman–Crippen MR) is 146 cm³/mol. The van der Waals surface area contributed by atoms with Crippen LogP contribution in [-0.4, -0.2) is 69.3 Å². The Bertz CT molecular complexity index is 1350. The Morgan fingerprint density at radius 1 is 1.00 bits per heavy atom. The highest BCUT2D eigenvalue weighted by Crippen LogP contribution is 2.32. The number of benzene rings is 2. The summed E-state index contributed by atoms with van der Waals surface area (Å²) in [7, 11) is 5.20. The first-order valence-corrected chi connectivity index (χ1v) is 13.6. The molecule has 2 aromatic carbocycles. The number of amides is 2. The van der Waals surface area contributed by atoms with Crippen LogP contribution in [0, 0.1) is 5.82 Å². The summed E-state index contributed by atoms with van der Waals surface area (Å²) in [4.78, 5) is 35.2. The number of aromatic nitrogens is 2. The number of halogens is 4. The maximum absolute atomic E-state index is 13.9. The first-order chi connectivity index (χ1) is 19.4. The zero-order valence-electron chi connectivity index (χ0n) is 23.5. The second kappa shape index (κ2) is 12.8. The number of alkyl halides is 3. The lowest BCUT2D eigenvalue weighted by molar-refractivity contribution is -0.140. The van der Waals surface area contributed by atoms with Gasteiger partial charge in [-0.1, -0.05) is 30.3 Å². The van der Waals surface area contributed by atoms with E-state index >= 15 is 0 Å². The molecule has 220 valence electrons. The molecule has 4 rings (SSSR count). The van der Waals surface area contributed by atoms with Gasteiger partial charge in [0.05, 0.1) is 18.3 Å². The molecule has 2 amide bonds. The lowest BCUT2D eigenvalue weighted by atomic mass is 10.0. The van der Waals surface area contributed by atoms with Gasteiger partial charge >= 0.3 is 6.18 Å². The summed E-state index contributed by atoms with van der Waals surface area (Å²) < 4.78 is 55.7. The van der Waals surface area contributed by atoms with E-state index in [9.17, 15) is 27.2 Å². The van der Waals surface area contributed by atoms with Crippen molar-refractivity contribution in [2.45, 2.75) is 51.0 Å². The fourth-order valence-electron chi connectivity index (χ4n) is 5.08. The summed E-state index contributed by atoms with van der Waals surface area (Å²) in [5.41, 5.74) is 1.12. The molecular weight excluding hydrogens is 538 g/mol. The van der Waals surface area contributed by atoms with Crippen LogP contribution in [0.4, 0.5) is 17.6 Å². The molecule has 41 heavy (non-hydrogen) atoms. The van der Waals surface area contributed by atoms with Gasteiger partial charge in [0, 0.05) is 53.0 Å². The van der Waals surface area contributed by atoms with E-state index in [4.69, 9.17) is 0 Å². The van der Waals surface area contributed by atoms with Gasteiger partial charge in [-0.3, -0.25) is 14.5 Å². The molecule has 0 spiro atoms. The van der Waals surface area contributed by atoms with Crippen LogP contribution in [0.3, 0.4) is 0 Å². The molecule has 0 bridgehead atoms. The van der Waals surface area contributed by atoms with E-state index in [2.05, 4.69) is 9.88 Å². The zero-order chi connectivity index (χ0) is 29.7. The number of imidazole rings is 1. The highest BCUT2D eigenvalue weighted by Gasteiger charge is 2.35. The maximum Gasteiger partial charge on any atom is 0.419 e. The van der Waals surface area contributed by atoms with Gasteiger partial charge in [0.15, 0.2) is 0 Å². The standard InChI is InChI=1S/C30H35F4N5O2/c1-36(2)28(40)16-21-6-8-22(9-7-21)17-38-13-4-5-24(12-14-38)39(29(41)27-19-37(3)20-35-27)18-23-10-11-26(31)25(15-23)30(32,33)34/h6-11,15,19-20,24H,4-5,12-14,16-18H2,1-3H3. The molecule has 1 aliphatic heterocycles. The number of rotatable bonds is 8. The minimum Gasteiger partial charge on any atom is -0.349 e. The second-order valence-corrected chi connectivity index (χ2v) is 10.8. The molecule has 1 saturated heterocycles. The Morgan fingerprint density at radius 2 is 1.68 bits per heavy atom. The van der Waals surface area contributed by atoms with Crippen LogP contribution in [0.25, 0.3) is 0 Å². The molecule has 11 heteroatoms. The van der Waals surface area contributed by atoms with Gasteiger partial charge in [-0.25, -0.2) is 9.37 Å². The third kappa shape index (κ3) is 7.93. The zero-order valence-corrected chi connectivity index (χ0v) is 23.5. The van der Waals surface area contributed by atoms with E-state index in [1.54, 1.807) is 41.7 Å². The third-order valence-corrected chi connectivity index (χ3v) is 7.39. The summed E-state index contributed by atoms with van der Waals surface area (Å²) in [5, 5.41) is 0. The van der Waals surface area contributed by atoms with Gasteiger partial charge in [-0.2, -0.15) is 13.2 Å². The summed E-state index contributed by atoms with van der Waals surface area (Å²) in [6, 6.07) is 10.6. The van der Waals surface area contributed by atoms with E-state index in [0.29, 0.717) is 32.4 Å². The van der Waals surface area contributed by atoms with E-state index in [-0.39, 0.29) is 35.7 Å². The minimum atomic E-state index is -4.83. The van der Waals surface area contributed by atoms with E-state index < -0.39 is 17.6 Å². The smallest absolute Gasteiger partial charge is 0.349 e. The number of carbonyl (C=O) groups excluding carboxylic acids is 2. The first-order valence-electron chi connectivity index (χ1n) is 13.6. The number of aryl methyl sites for hydroxylation is 1. The van der Waals surface area contributed by atoms with Gasteiger partial charge in [-0.15, -0.1) is 0 Å². The van der Waals surface area contributed by atoms with Crippen LogP contribution in [-0.2, 0) is 37.5 Å². The van der Waals surface area contributed by atoms with Gasteiger partial charge in [0.25, 0.3) is 5.91 Å². The fraction of sp³-hybridized carbons (Fsp3) is 0.433. The van der Waals surface area contributed by atoms with Crippen LogP contribution in [0.5, 0.6) is 0 Å². The Kier molecular flexibility index (Phi) is 9.47. The quantitative estimate of drug-likeness (QED) is 0.360. The second-order valence-electron chi connectivity index (χ2n) is 10.8. The van der Waals surface area contributed by atoms with E-state index in [1.807, 2.05) is 24.3 Å². The normalized spacial score (nSPS) is 16.3. The average Bonchev–Trinajstić information content (AvgIpc) is 3.23. The number of likely N-dealkylation sites (tertiary alicyclic amines) is 1. The monoisotopic (exact) mass is 573 g/mol. The molecule has 0 saturated carbocycles. The fourth-order valence-corrected chi connectivity index (χ4v) is 5.08. The number of likely N-dealkylation sites (N-methyl/N-ethyl adjacent to an activating group) is 1. The highest BCUT2D eigenvalue weighted by molar-refractivity contribution is 5.92. The van der Waals surface area contributed by atoms with Crippen molar-refractivity contribution in [2.24, 2.45) is 7.05 Å². The van der Waals surface area contributed by atoms with Gasteiger partial charge in [0.1, 0.15) is 11.5 Å². The van der Waals surface area contributed by atoms with Crippen molar-refractivity contribution >= 4 is 11.8 Å². The minimum absolute atomic E-state index is 0.0383. The summed E-state index contributed by atoms with van der Waals surface area (Å²) in [6.07, 6.45) is 0.691. The Labute approximate surface area is 237 Å². The molecule has 2 heterocycles. The topological polar surface area (TPSA) is 61.7 Å². The van der Waals surface area contributed by atoms with Gasteiger partial charge in [-0.05, 0) is 54.6 Å². The molecule has 0 N–H and O–H groups in total. The molecule has 7 nitrogen and oxygen atoms in total. The Morgan fingerprint density at radius 3 is 2.32 bits per heavy atom. The van der Waals surface area contributed by atoms with Crippen LogP contribution in [0.2, 0.25) is 0 Å². The number of hydrogen-bond donors (Lipinski definition) is 0. The number of nitrogens with zero attached hydrogens (tertiary/aromatic N) is 5. The van der Waals surface area contributed by atoms with Crippen molar-refractivity contribution in [2.75, 3.05) is 27.2 Å². The predicted octanol–water partition coefficient (Wildman–Crippen LogP) is 4.91. The van der Waals surface area contributed by atoms with E-state index in [0.717, 1.165) is 36.2 Å². The van der Waals surface area contributed by atoms with Crippen molar-refractivity contribution in [1.29, 1.82) is 0 Å². The maximum atomic E-state index is 13.9. The molecule has 3 aromatic rings. The number of carbonyl (C=O) groups is 2. The Hall–Kier alpha value is -3.73. The molecule has 1 fully saturated rings. The summed E-state index contributed by atoms with van der Waals surface area (Å²) in [5.74, 6) is -1.67. The van der Waals surface area contributed by atoms with Crippen molar-refractivity contribution < 1.29 is 27.2 Å². The van der Waals surface area contributed by atoms with Crippen molar-refractivity contribution in [3.8, 4) is 0 Å². The van der Waals surface area contributed by atoms with Crippen molar-refractivity contribution in [1.82, 2.24) is 24.3 Å². The Balaban J connectivity index is 1.48. The summed E-state index contributed by atoms with van der Waals surface area (Å²) >= 11 is 0. The molecule has 1 atom stereocenters. The molecule has 1 aromatic heterocycles. The van der Waals surface area contributed by atoms with Crippen LogP contribution >= 0.6 is 0 Å². The molecule has 0 aliphatic carbocycles. The van der Waals surface area contributed by atoms with Crippen LogP contribution < -0.4 is 0 Å². The first kappa shape index (κ1) is 30.2.